The fraction of sp³-hybridized carbons (Fsp3) is 0.692. The molecule has 1 atom stereocenters. The third-order valence-electron chi connectivity index (χ3n) is 2.39. The molecule has 0 aromatic rings. The molecule has 0 rings (SSSR count). The molecule has 0 aliphatic carbocycles. The fourth-order valence-corrected chi connectivity index (χ4v) is 3.49. The lowest BCUT2D eigenvalue weighted by Gasteiger charge is -2.36. The van der Waals surface area contributed by atoms with Crippen molar-refractivity contribution in [3.05, 3.63) is 22.8 Å². The summed E-state index contributed by atoms with van der Waals surface area (Å²) in [5.41, 5.74) is -0.137. The Hall–Kier alpha value is 0.387. The van der Waals surface area contributed by atoms with Crippen molar-refractivity contribution in [3.8, 4) is 0 Å². The predicted octanol–water partition coefficient (Wildman–Crippen LogP) is 5.29. The molecule has 1 unspecified atom stereocenters. The molecule has 0 aliphatic heterocycles. The highest BCUT2D eigenvalue weighted by Gasteiger charge is 2.31. The smallest absolute Gasteiger partial charge is 0.184 e. The summed E-state index contributed by atoms with van der Waals surface area (Å²) in [6.07, 6.45) is 8.63. The minimum atomic E-state index is -1.52. The van der Waals surface area contributed by atoms with Crippen molar-refractivity contribution in [2.45, 2.75) is 57.8 Å². The van der Waals surface area contributed by atoms with E-state index in [-0.39, 0.29) is 5.60 Å². The van der Waals surface area contributed by atoms with Crippen molar-refractivity contribution in [1.82, 2.24) is 0 Å². The molecule has 94 valence electrons. The van der Waals surface area contributed by atoms with Crippen LogP contribution in [-0.2, 0) is 4.43 Å². The highest BCUT2D eigenvalue weighted by Crippen LogP contribution is 2.29. The molecule has 0 aliphatic rings. The standard InChI is InChI=1S/C13H25IOSi/c1-6-8-10-13(7-2,11-9-12-14)15-16(3,4)5/h7,9,12H,2,6,8,10-11H2,1,3-5H3. The maximum Gasteiger partial charge on any atom is 0.184 e. The molecule has 0 aromatic carbocycles. The predicted molar refractivity (Wildman–Crippen MR) is 84.7 cm³/mol. The topological polar surface area (TPSA) is 9.23 Å². The van der Waals surface area contributed by atoms with Crippen molar-refractivity contribution >= 4 is 30.9 Å². The van der Waals surface area contributed by atoms with Gasteiger partial charge in [-0.3, -0.25) is 0 Å². The molecule has 3 heteroatoms. The molecule has 0 heterocycles. The number of hydrogen-bond donors (Lipinski definition) is 0. The third kappa shape index (κ3) is 6.86. The van der Waals surface area contributed by atoms with E-state index in [1.54, 1.807) is 0 Å². The van der Waals surface area contributed by atoms with Gasteiger partial charge in [-0.15, -0.1) is 6.58 Å². The Labute approximate surface area is 116 Å². The fourth-order valence-electron chi connectivity index (χ4n) is 1.75. The molecule has 1 nitrogen and oxygen atoms in total. The molecule has 16 heavy (non-hydrogen) atoms. The van der Waals surface area contributed by atoms with Crippen LogP contribution in [0, 0.1) is 0 Å². The van der Waals surface area contributed by atoms with Gasteiger partial charge in [0.15, 0.2) is 8.32 Å². The van der Waals surface area contributed by atoms with E-state index >= 15 is 0 Å². The Morgan fingerprint density at radius 2 is 2.00 bits per heavy atom. The van der Waals surface area contributed by atoms with Gasteiger partial charge in [0.1, 0.15) is 0 Å². The molecular weight excluding hydrogens is 327 g/mol. The van der Waals surface area contributed by atoms with Crippen LogP contribution >= 0.6 is 22.6 Å². The maximum absolute atomic E-state index is 6.34. The zero-order valence-electron chi connectivity index (χ0n) is 11.1. The summed E-state index contributed by atoms with van der Waals surface area (Å²) in [6.45, 7) is 12.9. The number of rotatable bonds is 8. The molecule has 0 fully saturated rings. The normalized spacial score (nSPS) is 16.3. The minimum absolute atomic E-state index is 0.137. The van der Waals surface area contributed by atoms with E-state index in [0.717, 1.165) is 12.8 Å². The van der Waals surface area contributed by atoms with Crippen LogP contribution in [0.1, 0.15) is 32.6 Å². The highest BCUT2D eigenvalue weighted by atomic mass is 127. The number of halogens is 1. The average molecular weight is 352 g/mol. The summed E-state index contributed by atoms with van der Waals surface area (Å²) in [5.74, 6) is 0. The lowest BCUT2D eigenvalue weighted by atomic mass is 9.93. The van der Waals surface area contributed by atoms with Crippen LogP contribution in [0.5, 0.6) is 0 Å². The van der Waals surface area contributed by atoms with E-state index in [1.807, 2.05) is 6.08 Å². The van der Waals surface area contributed by atoms with Crippen LogP contribution in [0.3, 0.4) is 0 Å². The van der Waals surface area contributed by atoms with Crippen molar-refractivity contribution in [2.75, 3.05) is 0 Å². The highest BCUT2D eigenvalue weighted by molar-refractivity contribution is 14.1. The van der Waals surface area contributed by atoms with Gasteiger partial charge in [-0.05, 0) is 36.6 Å². The summed E-state index contributed by atoms with van der Waals surface area (Å²) in [4.78, 5) is 0. The van der Waals surface area contributed by atoms with E-state index in [0.29, 0.717) is 0 Å². The molecule has 0 bridgehead atoms. The third-order valence-corrected chi connectivity index (χ3v) is 3.91. The summed E-state index contributed by atoms with van der Waals surface area (Å²) in [7, 11) is -1.52. The number of hydrogen-bond acceptors (Lipinski definition) is 1. The summed E-state index contributed by atoms with van der Waals surface area (Å²) >= 11 is 2.26. The Morgan fingerprint density at radius 3 is 2.38 bits per heavy atom. The molecule has 0 saturated carbocycles. The molecule has 0 amide bonds. The first-order valence-corrected chi connectivity index (χ1v) is 10.6. The van der Waals surface area contributed by atoms with E-state index in [4.69, 9.17) is 4.43 Å². The van der Waals surface area contributed by atoms with Crippen LogP contribution in [-0.4, -0.2) is 13.9 Å². The van der Waals surface area contributed by atoms with Gasteiger partial charge >= 0.3 is 0 Å². The Kier molecular flexibility index (Phi) is 7.85. The lowest BCUT2D eigenvalue weighted by molar-refractivity contribution is 0.102. The molecule has 0 aromatic heterocycles. The van der Waals surface area contributed by atoms with E-state index in [2.05, 4.69) is 65.9 Å². The first-order chi connectivity index (χ1) is 7.39. The van der Waals surface area contributed by atoms with Crippen molar-refractivity contribution in [2.24, 2.45) is 0 Å². The second kappa shape index (κ2) is 7.66. The van der Waals surface area contributed by atoms with Gasteiger partial charge in [-0.2, -0.15) is 0 Å². The molecule has 0 N–H and O–H groups in total. The zero-order chi connectivity index (χ0) is 12.7. The summed E-state index contributed by atoms with van der Waals surface area (Å²) in [5, 5.41) is 0. The Morgan fingerprint density at radius 1 is 1.38 bits per heavy atom. The quantitative estimate of drug-likeness (QED) is 0.328. The molecule has 0 radical (unpaired) electrons. The van der Waals surface area contributed by atoms with Crippen LogP contribution in [0.25, 0.3) is 0 Å². The van der Waals surface area contributed by atoms with Crippen molar-refractivity contribution < 1.29 is 4.43 Å². The van der Waals surface area contributed by atoms with Gasteiger partial charge in [0.25, 0.3) is 0 Å². The van der Waals surface area contributed by atoms with Crippen molar-refractivity contribution in [1.29, 1.82) is 0 Å². The zero-order valence-corrected chi connectivity index (χ0v) is 14.2. The van der Waals surface area contributed by atoms with Crippen LogP contribution in [0.15, 0.2) is 22.8 Å². The maximum atomic E-state index is 6.34. The second-order valence-corrected chi connectivity index (χ2v) is 10.3. The second-order valence-electron chi connectivity index (χ2n) is 5.15. The van der Waals surface area contributed by atoms with Gasteiger partial charge < -0.3 is 4.43 Å². The van der Waals surface area contributed by atoms with Gasteiger partial charge in [0.05, 0.1) is 5.60 Å². The monoisotopic (exact) mass is 352 g/mol. The Bertz CT molecular complexity index is 233. The largest absolute Gasteiger partial charge is 0.408 e. The van der Waals surface area contributed by atoms with E-state index < -0.39 is 8.32 Å². The first kappa shape index (κ1) is 16.4. The molecule has 0 saturated heterocycles. The molecular formula is C13H25IOSi. The lowest BCUT2D eigenvalue weighted by Crippen LogP contribution is -2.41. The first-order valence-electron chi connectivity index (χ1n) is 5.98. The average Bonchev–Trinajstić information content (AvgIpc) is 2.20. The SMILES string of the molecule is C=CC(CC=CI)(CCCC)O[Si](C)(C)C. The minimum Gasteiger partial charge on any atom is -0.408 e. The summed E-state index contributed by atoms with van der Waals surface area (Å²) < 4.78 is 8.41. The van der Waals surface area contributed by atoms with Gasteiger partial charge in [-0.25, -0.2) is 0 Å². The van der Waals surface area contributed by atoms with Crippen LogP contribution in [0.4, 0.5) is 0 Å². The van der Waals surface area contributed by atoms with Crippen molar-refractivity contribution in [3.63, 3.8) is 0 Å². The van der Waals surface area contributed by atoms with E-state index in [9.17, 15) is 0 Å². The van der Waals surface area contributed by atoms with Gasteiger partial charge in [0, 0.05) is 0 Å². The summed E-state index contributed by atoms with van der Waals surface area (Å²) in [6, 6.07) is 0. The van der Waals surface area contributed by atoms with Gasteiger partial charge in [-0.1, -0.05) is 54.5 Å². The van der Waals surface area contributed by atoms with E-state index in [1.165, 1.54) is 12.8 Å². The van der Waals surface area contributed by atoms with Crippen LogP contribution in [0.2, 0.25) is 19.6 Å². The Balaban J connectivity index is 4.72. The number of unbranched alkanes of at least 4 members (excludes halogenated alkanes) is 1. The molecule has 0 spiro atoms. The van der Waals surface area contributed by atoms with Crippen LogP contribution < -0.4 is 0 Å². The van der Waals surface area contributed by atoms with Gasteiger partial charge in [0.2, 0.25) is 0 Å².